The van der Waals surface area contributed by atoms with Crippen LogP contribution in [0, 0.1) is 0 Å². The SMILES string of the molecule is C=CCOc1c(Br)cc(/C=N/n2nnnc2N)cc1OC. The van der Waals surface area contributed by atoms with Gasteiger partial charge in [-0.3, -0.25) is 0 Å². The molecule has 0 radical (unpaired) electrons. The van der Waals surface area contributed by atoms with Crippen LogP contribution in [0.25, 0.3) is 0 Å². The van der Waals surface area contributed by atoms with Crippen molar-refractivity contribution in [2.75, 3.05) is 19.5 Å². The molecular formula is C12H13BrN6O2. The van der Waals surface area contributed by atoms with Crippen LogP contribution in [-0.4, -0.2) is 40.2 Å². The molecule has 9 heteroatoms. The number of aromatic nitrogens is 4. The predicted octanol–water partition coefficient (Wildman–Crippen LogP) is 1.47. The third kappa shape index (κ3) is 3.57. The minimum Gasteiger partial charge on any atom is -0.493 e. The zero-order valence-corrected chi connectivity index (χ0v) is 12.8. The molecule has 2 N–H and O–H groups in total. The second kappa shape index (κ2) is 6.84. The van der Waals surface area contributed by atoms with Crippen molar-refractivity contribution in [1.29, 1.82) is 0 Å². The zero-order valence-electron chi connectivity index (χ0n) is 11.2. The number of hydrogen-bond acceptors (Lipinski definition) is 7. The van der Waals surface area contributed by atoms with Gasteiger partial charge in [0.25, 0.3) is 5.95 Å². The molecule has 0 saturated carbocycles. The van der Waals surface area contributed by atoms with Gasteiger partial charge in [0.05, 0.1) is 17.8 Å². The van der Waals surface area contributed by atoms with Gasteiger partial charge in [0, 0.05) is 0 Å². The van der Waals surface area contributed by atoms with Crippen molar-refractivity contribution >= 4 is 28.1 Å². The fourth-order valence-electron chi connectivity index (χ4n) is 1.49. The average molecular weight is 353 g/mol. The first kappa shape index (κ1) is 15.0. The van der Waals surface area contributed by atoms with Crippen molar-refractivity contribution in [3.8, 4) is 11.5 Å². The van der Waals surface area contributed by atoms with E-state index in [1.807, 2.05) is 6.07 Å². The molecule has 0 fully saturated rings. The molecular weight excluding hydrogens is 340 g/mol. The van der Waals surface area contributed by atoms with E-state index in [1.54, 1.807) is 25.5 Å². The van der Waals surface area contributed by atoms with E-state index in [2.05, 4.69) is 43.1 Å². The molecule has 0 aliphatic heterocycles. The van der Waals surface area contributed by atoms with Gasteiger partial charge in [0.15, 0.2) is 11.5 Å². The first-order valence-corrected chi connectivity index (χ1v) is 6.64. The van der Waals surface area contributed by atoms with Crippen molar-refractivity contribution in [2.24, 2.45) is 5.10 Å². The summed E-state index contributed by atoms with van der Waals surface area (Å²) in [7, 11) is 1.56. The summed E-state index contributed by atoms with van der Waals surface area (Å²) >= 11 is 3.43. The van der Waals surface area contributed by atoms with Crippen LogP contribution >= 0.6 is 15.9 Å². The summed E-state index contributed by atoms with van der Waals surface area (Å²) in [5.74, 6) is 1.26. The van der Waals surface area contributed by atoms with Gasteiger partial charge in [-0.2, -0.15) is 5.10 Å². The summed E-state index contributed by atoms with van der Waals surface area (Å²) in [6, 6.07) is 3.60. The summed E-state index contributed by atoms with van der Waals surface area (Å²) in [5.41, 5.74) is 6.28. The highest BCUT2D eigenvalue weighted by atomic mass is 79.9. The number of benzene rings is 1. The van der Waals surface area contributed by atoms with Crippen LogP contribution in [0.15, 0.2) is 34.4 Å². The molecule has 0 atom stereocenters. The molecule has 2 aromatic rings. The van der Waals surface area contributed by atoms with Gasteiger partial charge >= 0.3 is 0 Å². The largest absolute Gasteiger partial charge is 0.493 e. The van der Waals surface area contributed by atoms with Gasteiger partial charge in [-0.15, -0.1) is 0 Å². The maximum Gasteiger partial charge on any atom is 0.263 e. The lowest BCUT2D eigenvalue weighted by Gasteiger charge is -2.12. The third-order valence-corrected chi connectivity index (χ3v) is 2.98. The van der Waals surface area contributed by atoms with Gasteiger partial charge in [-0.05, 0) is 44.1 Å². The number of nitrogens with zero attached hydrogens (tertiary/aromatic N) is 5. The Kier molecular flexibility index (Phi) is 4.88. The van der Waals surface area contributed by atoms with Gasteiger partial charge in [0.1, 0.15) is 6.61 Å². The van der Waals surface area contributed by atoms with E-state index < -0.39 is 0 Å². The summed E-state index contributed by atoms with van der Waals surface area (Å²) in [6.07, 6.45) is 3.21. The summed E-state index contributed by atoms with van der Waals surface area (Å²) in [6.45, 7) is 3.99. The average Bonchev–Trinajstić information content (AvgIpc) is 2.88. The Labute approximate surface area is 129 Å². The quantitative estimate of drug-likeness (QED) is 0.624. The second-order valence-corrected chi connectivity index (χ2v) is 4.66. The summed E-state index contributed by atoms with van der Waals surface area (Å²) in [5, 5.41) is 14.6. The standard InChI is InChI=1S/C12H13BrN6O2/c1-3-4-21-11-9(13)5-8(6-10(11)20-2)7-15-19-12(14)16-17-18-19/h3,5-7H,1,4H2,2H3,(H2,14,16,18)/b15-7+. The Morgan fingerprint density at radius 3 is 2.95 bits per heavy atom. The maximum atomic E-state index is 5.54. The minimum absolute atomic E-state index is 0.100. The van der Waals surface area contributed by atoms with Crippen molar-refractivity contribution in [1.82, 2.24) is 20.3 Å². The van der Waals surface area contributed by atoms with Gasteiger partial charge in [-0.25, -0.2) is 0 Å². The molecule has 0 saturated heterocycles. The van der Waals surface area contributed by atoms with Crippen LogP contribution in [0.5, 0.6) is 11.5 Å². The number of methoxy groups -OCH3 is 1. The van der Waals surface area contributed by atoms with Gasteiger partial charge < -0.3 is 15.2 Å². The van der Waals surface area contributed by atoms with Crippen LogP contribution in [0.1, 0.15) is 5.56 Å². The molecule has 0 aliphatic carbocycles. The molecule has 1 aromatic carbocycles. The zero-order chi connectivity index (χ0) is 15.2. The van der Waals surface area contributed by atoms with Crippen molar-refractivity contribution in [2.45, 2.75) is 0 Å². The predicted molar refractivity (Wildman–Crippen MR) is 81.6 cm³/mol. The van der Waals surface area contributed by atoms with Crippen molar-refractivity contribution < 1.29 is 9.47 Å². The van der Waals surface area contributed by atoms with Gasteiger partial charge in [0.2, 0.25) is 0 Å². The molecule has 0 bridgehead atoms. The van der Waals surface area contributed by atoms with E-state index >= 15 is 0 Å². The number of halogens is 1. The number of tetrazole rings is 1. The van der Waals surface area contributed by atoms with Crippen LogP contribution in [0.2, 0.25) is 0 Å². The van der Waals surface area contributed by atoms with Crippen LogP contribution < -0.4 is 15.2 Å². The highest BCUT2D eigenvalue weighted by Crippen LogP contribution is 2.36. The van der Waals surface area contributed by atoms with Crippen molar-refractivity contribution in [3.63, 3.8) is 0 Å². The topological polar surface area (TPSA) is 100 Å². The Balaban J connectivity index is 2.29. The Hall–Kier alpha value is -2.42. The number of rotatable bonds is 6. The molecule has 0 aliphatic rings. The fraction of sp³-hybridized carbons (Fsp3) is 0.167. The molecule has 1 aromatic heterocycles. The smallest absolute Gasteiger partial charge is 0.263 e. The number of hydrogen-bond donors (Lipinski definition) is 1. The molecule has 0 spiro atoms. The van der Waals surface area contributed by atoms with Crippen LogP contribution in [0.4, 0.5) is 5.95 Å². The molecule has 1 heterocycles. The lowest BCUT2D eigenvalue weighted by Crippen LogP contribution is -2.01. The first-order valence-electron chi connectivity index (χ1n) is 5.85. The van der Waals surface area contributed by atoms with E-state index in [1.165, 1.54) is 0 Å². The van der Waals surface area contributed by atoms with E-state index in [9.17, 15) is 0 Å². The number of nitrogen functional groups attached to an aromatic ring is 1. The van der Waals surface area contributed by atoms with E-state index in [0.717, 1.165) is 14.8 Å². The second-order valence-electron chi connectivity index (χ2n) is 3.80. The Morgan fingerprint density at radius 2 is 2.33 bits per heavy atom. The summed E-state index contributed by atoms with van der Waals surface area (Å²) < 4.78 is 11.6. The third-order valence-electron chi connectivity index (χ3n) is 2.39. The molecule has 2 rings (SSSR count). The highest BCUT2D eigenvalue weighted by molar-refractivity contribution is 9.10. The maximum absolute atomic E-state index is 5.54. The highest BCUT2D eigenvalue weighted by Gasteiger charge is 2.10. The molecule has 110 valence electrons. The number of nitrogens with two attached hydrogens (primary N) is 1. The molecule has 0 amide bonds. The monoisotopic (exact) mass is 352 g/mol. The number of anilines is 1. The number of ether oxygens (including phenoxy) is 2. The van der Waals surface area contributed by atoms with Crippen molar-refractivity contribution in [3.05, 3.63) is 34.8 Å². The minimum atomic E-state index is 0.100. The fourth-order valence-corrected chi connectivity index (χ4v) is 2.06. The molecule has 8 nitrogen and oxygen atoms in total. The lowest BCUT2D eigenvalue weighted by molar-refractivity contribution is 0.324. The Bertz CT molecular complexity index is 670. The van der Waals surface area contributed by atoms with E-state index in [0.29, 0.717) is 18.1 Å². The summed E-state index contributed by atoms with van der Waals surface area (Å²) in [4.78, 5) is 1.11. The van der Waals surface area contributed by atoms with E-state index in [4.69, 9.17) is 15.2 Å². The van der Waals surface area contributed by atoms with Crippen LogP contribution in [0.3, 0.4) is 0 Å². The molecule has 0 unspecified atom stereocenters. The van der Waals surface area contributed by atoms with Gasteiger partial charge in [-0.1, -0.05) is 22.5 Å². The normalized spacial score (nSPS) is 10.8. The van der Waals surface area contributed by atoms with Crippen LogP contribution in [-0.2, 0) is 0 Å². The van der Waals surface area contributed by atoms with E-state index in [-0.39, 0.29) is 5.95 Å². The first-order chi connectivity index (χ1) is 10.2. The molecule has 21 heavy (non-hydrogen) atoms. The Morgan fingerprint density at radius 1 is 1.52 bits per heavy atom. The lowest BCUT2D eigenvalue weighted by atomic mass is 10.2.